The predicted molar refractivity (Wildman–Crippen MR) is 84.8 cm³/mol. The van der Waals surface area contributed by atoms with Gasteiger partial charge >= 0.3 is 11.8 Å². The molecule has 0 heterocycles. The Labute approximate surface area is 132 Å². The van der Waals surface area contributed by atoms with E-state index in [1.807, 2.05) is 5.32 Å². The maximum atomic E-state index is 11.9. The normalized spacial score (nSPS) is 9.96. The Bertz CT molecular complexity index is 787. The van der Waals surface area contributed by atoms with Crippen molar-refractivity contribution in [2.75, 3.05) is 11.1 Å². The molecule has 2 rings (SSSR count). The maximum absolute atomic E-state index is 11.9. The van der Waals surface area contributed by atoms with E-state index in [4.69, 9.17) is 5.73 Å². The van der Waals surface area contributed by atoms with E-state index in [9.17, 15) is 19.5 Å². The van der Waals surface area contributed by atoms with Crippen LogP contribution in [0.2, 0.25) is 0 Å². The Morgan fingerprint density at radius 3 is 2.39 bits per heavy atom. The van der Waals surface area contributed by atoms with Gasteiger partial charge in [0, 0.05) is 11.4 Å². The van der Waals surface area contributed by atoms with E-state index in [-0.39, 0.29) is 17.0 Å². The zero-order chi connectivity index (χ0) is 17.0. The Morgan fingerprint density at radius 1 is 1.04 bits per heavy atom. The number of aryl methyl sites for hydroxylation is 1. The lowest BCUT2D eigenvalue weighted by atomic mass is 10.1. The highest BCUT2D eigenvalue weighted by Gasteiger charge is 2.19. The minimum Gasteiger partial charge on any atom is -0.508 e. The van der Waals surface area contributed by atoms with Crippen LogP contribution < -0.4 is 16.4 Å². The van der Waals surface area contributed by atoms with Crippen LogP contribution in [0.15, 0.2) is 42.5 Å². The number of hydrogen-bond donors (Lipinski definition) is 4. The van der Waals surface area contributed by atoms with Gasteiger partial charge < -0.3 is 16.2 Å². The quantitative estimate of drug-likeness (QED) is 0.377. The van der Waals surface area contributed by atoms with Crippen LogP contribution in [0.4, 0.5) is 11.4 Å². The van der Waals surface area contributed by atoms with Crippen molar-refractivity contribution >= 4 is 29.1 Å². The number of carbonyl (C=O) groups excluding carboxylic acids is 3. The van der Waals surface area contributed by atoms with Crippen molar-refractivity contribution in [3.8, 4) is 5.75 Å². The smallest absolute Gasteiger partial charge is 0.316 e. The molecule has 0 atom stereocenters. The molecule has 0 saturated heterocycles. The van der Waals surface area contributed by atoms with Crippen molar-refractivity contribution in [3.05, 3.63) is 53.6 Å². The number of anilines is 2. The second-order valence-corrected chi connectivity index (χ2v) is 4.82. The molecule has 0 fully saturated rings. The lowest BCUT2D eigenvalue weighted by Gasteiger charge is -2.09. The number of hydrogen-bond acceptors (Lipinski definition) is 5. The van der Waals surface area contributed by atoms with E-state index in [0.717, 1.165) is 0 Å². The van der Waals surface area contributed by atoms with Gasteiger partial charge in [0.1, 0.15) is 5.75 Å². The second kappa shape index (κ2) is 6.61. The molecule has 3 amide bonds. The van der Waals surface area contributed by atoms with Crippen molar-refractivity contribution in [1.82, 2.24) is 5.32 Å². The fourth-order valence-electron chi connectivity index (χ4n) is 1.90. The molecule has 0 unspecified atom stereocenters. The minimum absolute atomic E-state index is 0.0414. The monoisotopic (exact) mass is 313 g/mol. The summed E-state index contributed by atoms with van der Waals surface area (Å²) in [4.78, 5) is 35.5. The largest absolute Gasteiger partial charge is 0.508 e. The molecule has 2 aromatic rings. The molecule has 2 aromatic carbocycles. The van der Waals surface area contributed by atoms with Gasteiger partial charge in [0.15, 0.2) is 0 Å². The number of nitrogen functional groups attached to an aromatic ring is 1. The number of amides is 3. The van der Waals surface area contributed by atoms with Gasteiger partial charge in [-0.2, -0.15) is 0 Å². The number of benzene rings is 2. The van der Waals surface area contributed by atoms with E-state index in [2.05, 4.69) is 5.32 Å². The SMILES string of the molecule is Cc1cc(O)ccc1NC(=O)C(=O)NC(=O)c1ccccc1N. The van der Waals surface area contributed by atoms with E-state index < -0.39 is 17.7 Å². The maximum Gasteiger partial charge on any atom is 0.316 e. The van der Waals surface area contributed by atoms with Crippen LogP contribution in [0.3, 0.4) is 0 Å². The highest BCUT2D eigenvalue weighted by atomic mass is 16.3. The number of nitrogens with two attached hydrogens (primary N) is 1. The Morgan fingerprint density at radius 2 is 1.74 bits per heavy atom. The van der Waals surface area contributed by atoms with E-state index in [0.29, 0.717) is 11.3 Å². The lowest BCUT2D eigenvalue weighted by Crippen LogP contribution is -2.39. The number of rotatable bonds is 2. The number of imide groups is 1. The van der Waals surface area contributed by atoms with Gasteiger partial charge in [-0.3, -0.25) is 19.7 Å². The zero-order valence-corrected chi connectivity index (χ0v) is 12.3. The number of phenols is 1. The third-order valence-electron chi connectivity index (χ3n) is 3.10. The first-order valence-corrected chi connectivity index (χ1v) is 6.69. The molecular weight excluding hydrogens is 298 g/mol. The molecule has 0 aliphatic heterocycles. The number of carbonyl (C=O) groups is 3. The van der Waals surface area contributed by atoms with Crippen LogP contribution >= 0.6 is 0 Å². The molecule has 0 bridgehead atoms. The number of nitrogens with one attached hydrogen (secondary N) is 2. The molecule has 23 heavy (non-hydrogen) atoms. The first-order chi connectivity index (χ1) is 10.9. The number of aromatic hydroxyl groups is 1. The topological polar surface area (TPSA) is 122 Å². The number of para-hydroxylation sites is 1. The van der Waals surface area contributed by atoms with Crippen LogP contribution in [0, 0.1) is 6.92 Å². The standard InChI is InChI=1S/C16H15N3O4/c1-9-8-10(20)6-7-13(9)18-15(22)16(23)19-14(21)11-4-2-3-5-12(11)17/h2-8,20H,17H2,1H3,(H,18,22)(H,19,21,23). The number of phenolic OH excluding ortho intramolecular Hbond substituents is 1. The third-order valence-corrected chi connectivity index (χ3v) is 3.10. The molecule has 0 spiro atoms. The van der Waals surface area contributed by atoms with Gasteiger partial charge in [-0.05, 0) is 42.8 Å². The molecule has 7 heteroatoms. The summed E-state index contributed by atoms with van der Waals surface area (Å²) in [5, 5.41) is 13.6. The summed E-state index contributed by atoms with van der Waals surface area (Å²) in [7, 11) is 0. The fraction of sp³-hybridized carbons (Fsp3) is 0.0625. The average Bonchev–Trinajstić information content (AvgIpc) is 2.50. The third kappa shape index (κ3) is 3.85. The summed E-state index contributed by atoms with van der Waals surface area (Å²) < 4.78 is 0. The summed E-state index contributed by atoms with van der Waals surface area (Å²) in [5.41, 5.74) is 6.87. The first kappa shape index (κ1) is 16.0. The Kier molecular flexibility index (Phi) is 4.61. The van der Waals surface area contributed by atoms with Crippen LogP contribution in [-0.2, 0) is 9.59 Å². The molecule has 0 saturated carbocycles. The molecule has 0 aromatic heterocycles. The fourth-order valence-corrected chi connectivity index (χ4v) is 1.90. The van der Waals surface area contributed by atoms with Crippen molar-refractivity contribution in [3.63, 3.8) is 0 Å². The van der Waals surface area contributed by atoms with Gasteiger partial charge in [0.2, 0.25) is 0 Å². The van der Waals surface area contributed by atoms with Crippen LogP contribution in [0.25, 0.3) is 0 Å². The highest BCUT2D eigenvalue weighted by molar-refractivity contribution is 6.42. The second-order valence-electron chi connectivity index (χ2n) is 4.82. The van der Waals surface area contributed by atoms with Gasteiger partial charge in [-0.25, -0.2) is 0 Å². The lowest BCUT2D eigenvalue weighted by molar-refractivity contribution is -0.135. The molecule has 0 radical (unpaired) electrons. The van der Waals surface area contributed by atoms with E-state index in [1.54, 1.807) is 19.1 Å². The summed E-state index contributed by atoms with van der Waals surface area (Å²) in [6.45, 7) is 1.66. The summed E-state index contributed by atoms with van der Waals surface area (Å²) in [6.07, 6.45) is 0. The van der Waals surface area contributed by atoms with Crippen molar-refractivity contribution < 1.29 is 19.5 Å². The van der Waals surface area contributed by atoms with E-state index >= 15 is 0 Å². The first-order valence-electron chi connectivity index (χ1n) is 6.69. The van der Waals surface area contributed by atoms with Crippen molar-refractivity contribution in [2.24, 2.45) is 0 Å². The molecular formula is C16H15N3O4. The molecule has 5 N–H and O–H groups in total. The minimum atomic E-state index is -1.11. The van der Waals surface area contributed by atoms with Gasteiger partial charge in [-0.1, -0.05) is 12.1 Å². The predicted octanol–water partition coefficient (Wildman–Crippen LogP) is 1.18. The molecule has 0 aliphatic carbocycles. The van der Waals surface area contributed by atoms with Crippen LogP contribution in [0.1, 0.15) is 15.9 Å². The Balaban J connectivity index is 2.04. The Hall–Kier alpha value is -3.35. The van der Waals surface area contributed by atoms with Crippen molar-refractivity contribution in [1.29, 1.82) is 0 Å². The van der Waals surface area contributed by atoms with Gasteiger partial charge in [0.25, 0.3) is 5.91 Å². The average molecular weight is 313 g/mol. The van der Waals surface area contributed by atoms with Crippen LogP contribution in [0.5, 0.6) is 5.75 Å². The zero-order valence-electron chi connectivity index (χ0n) is 12.3. The molecule has 7 nitrogen and oxygen atoms in total. The molecule has 118 valence electrons. The summed E-state index contributed by atoms with van der Waals surface area (Å²) >= 11 is 0. The van der Waals surface area contributed by atoms with Gasteiger partial charge in [0.05, 0.1) is 5.56 Å². The van der Waals surface area contributed by atoms with Crippen LogP contribution in [-0.4, -0.2) is 22.8 Å². The summed E-state index contributed by atoms with van der Waals surface area (Å²) in [5.74, 6) is -2.82. The summed E-state index contributed by atoms with van der Waals surface area (Å²) in [6, 6.07) is 10.5. The van der Waals surface area contributed by atoms with Gasteiger partial charge in [-0.15, -0.1) is 0 Å². The van der Waals surface area contributed by atoms with E-state index in [1.165, 1.54) is 30.3 Å². The highest BCUT2D eigenvalue weighted by Crippen LogP contribution is 2.19. The van der Waals surface area contributed by atoms with Crippen molar-refractivity contribution in [2.45, 2.75) is 6.92 Å². The molecule has 0 aliphatic rings.